The maximum absolute atomic E-state index is 12.4. The summed E-state index contributed by atoms with van der Waals surface area (Å²) in [6.07, 6.45) is 7.80. The number of carbonyl (C=O) groups is 1. The molecule has 5 heteroatoms. The molecule has 3 N–H and O–H groups in total. The molecule has 0 bridgehead atoms. The van der Waals surface area contributed by atoms with Crippen LogP contribution in [0.15, 0.2) is 0 Å². The predicted octanol–water partition coefficient (Wildman–Crippen LogP) is 2.34. The van der Waals surface area contributed by atoms with Crippen LogP contribution in [0.25, 0.3) is 0 Å². The zero-order chi connectivity index (χ0) is 13.2. The van der Waals surface area contributed by atoms with E-state index in [0.717, 1.165) is 37.2 Å². The molecule has 2 atom stereocenters. The normalized spacial score (nSPS) is 26.2. The number of nitrogens with zero attached hydrogens (tertiary/aromatic N) is 1. The molecular weight excluding hydrogens is 258 g/mol. The Labute approximate surface area is 117 Å². The number of nitrogens with two attached hydrogens (primary N) is 1. The molecule has 1 fully saturated rings. The van der Waals surface area contributed by atoms with Crippen LogP contribution in [0.4, 0.5) is 5.13 Å². The molecule has 19 heavy (non-hydrogen) atoms. The maximum atomic E-state index is 12.4. The summed E-state index contributed by atoms with van der Waals surface area (Å²) in [5.74, 6) is 0.556. The van der Waals surface area contributed by atoms with E-state index in [1.54, 1.807) is 11.3 Å². The average Bonchev–Trinajstić information content (AvgIpc) is 2.99. The molecule has 1 amide bonds. The average molecular weight is 279 g/mol. The summed E-state index contributed by atoms with van der Waals surface area (Å²) >= 11 is 1.65. The lowest BCUT2D eigenvalue weighted by atomic mass is 9.79. The molecule has 0 saturated heterocycles. The number of hydrogen-bond donors (Lipinski definition) is 2. The highest BCUT2D eigenvalue weighted by molar-refractivity contribution is 7.15. The largest absolute Gasteiger partial charge is 0.330 e. The second kappa shape index (κ2) is 5.59. The first-order valence-electron chi connectivity index (χ1n) is 7.27. The van der Waals surface area contributed by atoms with Crippen LogP contribution in [0.2, 0.25) is 0 Å². The molecule has 0 aliphatic heterocycles. The van der Waals surface area contributed by atoms with Gasteiger partial charge in [-0.3, -0.25) is 4.79 Å². The SMILES string of the molecule is NCC1CCCCC1C(=O)Nc1nc2c(s1)CCC2. The zero-order valence-electron chi connectivity index (χ0n) is 11.2. The first kappa shape index (κ1) is 13.1. The minimum Gasteiger partial charge on any atom is -0.330 e. The van der Waals surface area contributed by atoms with Crippen molar-refractivity contribution in [3.05, 3.63) is 10.6 Å². The number of anilines is 1. The molecule has 104 valence electrons. The van der Waals surface area contributed by atoms with E-state index in [1.807, 2.05) is 0 Å². The van der Waals surface area contributed by atoms with Gasteiger partial charge in [0.1, 0.15) is 0 Å². The van der Waals surface area contributed by atoms with Gasteiger partial charge in [-0.05, 0) is 44.6 Å². The fourth-order valence-electron chi connectivity index (χ4n) is 3.28. The number of hydrogen-bond acceptors (Lipinski definition) is 4. The molecule has 1 aromatic rings. The van der Waals surface area contributed by atoms with Crippen LogP contribution in [0.5, 0.6) is 0 Å². The maximum Gasteiger partial charge on any atom is 0.229 e. The lowest BCUT2D eigenvalue weighted by Crippen LogP contribution is -2.35. The van der Waals surface area contributed by atoms with Gasteiger partial charge >= 0.3 is 0 Å². The van der Waals surface area contributed by atoms with E-state index in [2.05, 4.69) is 10.3 Å². The summed E-state index contributed by atoms with van der Waals surface area (Å²) in [5, 5.41) is 3.81. The van der Waals surface area contributed by atoms with Gasteiger partial charge in [0.25, 0.3) is 0 Å². The Kier molecular flexibility index (Phi) is 3.84. The summed E-state index contributed by atoms with van der Waals surface area (Å²) in [4.78, 5) is 18.3. The van der Waals surface area contributed by atoms with Gasteiger partial charge in [0.2, 0.25) is 5.91 Å². The Hall–Kier alpha value is -0.940. The van der Waals surface area contributed by atoms with E-state index in [1.165, 1.54) is 23.4 Å². The van der Waals surface area contributed by atoms with Crippen LogP contribution in [-0.4, -0.2) is 17.4 Å². The van der Waals surface area contributed by atoms with Crippen LogP contribution >= 0.6 is 11.3 Å². The Morgan fingerprint density at radius 2 is 2.16 bits per heavy atom. The molecule has 4 nitrogen and oxygen atoms in total. The third kappa shape index (κ3) is 2.67. The molecule has 0 radical (unpaired) electrons. The summed E-state index contributed by atoms with van der Waals surface area (Å²) in [6.45, 7) is 0.618. The molecule has 1 heterocycles. The molecule has 0 aromatic carbocycles. The van der Waals surface area contributed by atoms with E-state index in [0.29, 0.717) is 12.5 Å². The van der Waals surface area contributed by atoms with Gasteiger partial charge in [0.15, 0.2) is 5.13 Å². The van der Waals surface area contributed by atoms with E-state index < -0.39 is 0 Å². The van der Waals surface area contributed by atoms with E-state index in [-0.39, 0.29) is 11.8 Å². The lowest BCUT2D eigenvalue weighted by molar-refractivity contribution is -0.122. The highest BCUT2D eigenvalue weighted by Gasteiger charge is 2.30. The smallest absolute Gasteiger partial charge is 0.229 e. The Bertz CT molecular complexity index is 450. The monoisotopic (exact) mass is 279 g/mol. The molecular formula is C14H21N3OS. The number of fused-ring (bicyclic) bond motifs is 1. The predicted molar refractivity (Wildman–Crippen MR) is 77.3 cm³/mol. The highest BCUT2D eigenvalue weighted by atomic mass is 32.1. The minimum atomic E-state index is 0.0810. The zero-order valence-corrected chi connectivity index (χ0v) is 12.0. The third-order valence-electron chi connectivity index (χ3n) is 4.37. The fourth-order valence-corrected chi connectivity index (χ4v) is 4.33. The number of amides is 1. The van der Waals surface area contributed by atoms with Gasteiger partial charge in [0.05, 0.1) is 5.69 Å². The Morgan fingerprint density at radius 1 is 1.32 bits per heavy atom. The number of carbonyl (C=O) groups excluding carboxylic acids is 1. The van der Waals surface area contributed by atoms with Gasteiger partial charge < -0.3 is 11.1 Å². The number of nitrogens with one attached hydrogen (secondary N) is 1. The fraction of sp³-hybridized carbons (Fsp3) is 0.714. The van der Waals surface area contributed by atoms with Crippen molar-refractivity contribution in [2.45, 2.75) is 44.9 Å². The van der Waals surface area contributed by atoms with Crippen LogP contribution in [0, 0.1) is 11.8 Å². The van der Waals surface area contributed by atoms with E-state index in [9.17, 15) is 4.79 Å². The lowest BCUT2D eigenvalue weighted by Gasteiger charge is -2.29. The second-order valence-electron chi connectivity index (χ2n) is 5.62. The van der Waals surface area contributed by atoms with Crippen LogP contribution in [0.1, 0.15) is 42.7 Å². The molecule has 0 spiro atoms. The summed E-state index contributed by atoms with van der Waals surface area (Å²) in [5.41, 5.74) is 6.98. The molecule has 2 aliphatic carbocycles. The first-order valence-corrected chi connectivity index (χ1v) is 8.09. The standard InChI is InChI=1S/C14H21N3OS/c15-8-9-4-1-2-5-10(9)13(18)17-14-16-11-6-3-7-12(11)19-14/h9-10H,1-8,15H2,(H,16,17,18). The minimum absolute atomic E-state index is 0.0810. The van der Waals surface area contributed by atoms with Crippen molar-refractivity contribution in [1.29, 1.82) is 0 Å². The number of aryl methyl sites for hydroxylation is 2. The van der Waals surface area contributed by atoms with Gasteiger partial charge in [0, 0.05) is 10.8 Å². The summed E-state index contributed by atoms with van der Waals surface area (Å²) in [7, 11) is 0. The second-order valence-corrected chi connectivity index (χ2v) is 6.70. The van der Waals surface area contributed by atoms with Crippen molar-refractivity contribution < 1.29 is 4.79 Å². The Morgan fingerprint density at radius 3 is 2.95 bits per heavy atom. The third-order valence-corrected chi connectivity index (χ3v) is 5.45. The highest BCUT2D eigenvalue weighted by Crippen LogP contribution is 2.33. The van der Waals surface area contributed by atoms with Gasteiger partial charge in [-0.15, -0.1) is 11.3 Å². The van der Waals surface area contributed by atoms with Gasteiger partial charge in [-0.25, -0.2) is 4.98 Å². The molecule has 2 aliphatic rings. The van der Waals surface area contributed by atoms with Crippen LogP contribution in [0.3, 0.4) is 0 Å². The van der Waals surface area contributed by atoms with Crippen molar-refractivity contribution in [1.82, 2.24) is 4.98 Å². The van der Waals surface area contributed by atoms with E-state index >= 15 is 0 Å². The molecule has 1 aromatic heterocycles. The van der Waals surface area contributed by atoms with E-state index in [4.69, 9.17) is 5.73 Å². The van der Waals surface area contributed by atoms with Crippen LogP contribution in [-0.2, 0) is 17.6 Å². The molecule has 2 unspecified atom stereocenters. The van der Waals surface area contributed by atoms with Crippen molar-refractivity contribution in [3.8, 4) is 0 Å². The Balaban J connectivity index is 1.66. The first-order chi connectivity index (χ1) is 9.28. The topological polar surface area (TPSA) is 68.0 Å². The summed E-state index contributed by atoms with van der Waals surface area (Å²) in [6, 6.07) is 0. The van der Waals surface area contributed by atoms with Crippen molar-refractivity contribution in [3.63, 3.8) is 0 Å². The number of thiazole rings is 1. The summed E-state index contributed by atoms with van der Waals surface area (Å²) < 4.78 is 0. The van der Waals surface area contributed by atoms with Crippen molar-refractivity contribution >= 4 is 22.4 Å². The van der Waals surface area contributed by atoms with Crippen molar-refractivity contribution in [2.75, 3.05) is 11.9 Å². The van der Waals surface area contributed by atoms with Gasteiger partial charge in [-0.2, -0.15) is 0 Å². The quantitative estimate of drug-likeness (QED) is 0.892. The van der Waals surface area contributed by atoms with Crippen LogP contribution < -0.4 is 11.1 Å². The van der Waals surface area contributed by atoms with Gasteiger partial charge in [-0.1, -0.05) is 12.8 Å². The molecule has 3 rings (SSSR count). The van der Waals surface area contributed by atoms with Crippen molar-refractivity contribution in [2.24, 2.45) is 17.6 Å². The number of aromatic nitrogens is 1. The number of rotatable bonds is 3. The molecule has 1 saturated carbocycles.